The van der Waals surface area contributed by atoms with Crippen molar-refractivity contribution >= 4 is 32.1 Å². The Labute approximate surface area is 216 Å². The SMILES string of the molecule is Cc1ccc(S(=O)(=O)c2n[nH]n3c2nc(=O)c2ccc(N4CCCC5(CCN(C)CC5)C4)cc23)c(C)c1. The Morgan fingerprint density at radius 1 is 1.00 bits per heavy atom. The third-order valence-corrected chi connectivity index (χ3v) is 10.1. The van der Waals surface area contributed by atoms with E-state index in [-0.39, 0.29) is 15.6 Å². The van der Waals surface area contributed by atoms with Gasteiger partial charge in [0.05, 0.1) is 15.8 Å². The summed E-state index contributed by atoms with van der Waals surface area (Å²) in [7, 11) is -1.80. The van der Waals surface area contributed by atoms with Crippen molar-refractivity contribution in [3.05, 3.63) is 57.9 Å². The number of hydrogen-bond acceptors (Lipinski definition) is 7. The Bertz CT molecular complexity index is 1680. The van der Waals surface area contributed by atoms with Gasteiger partial charge in [-0.25, -0.2) is 18.1 Å². The van der Waals surface area contributed by atoms with Crippen molar-refractivity contribution in [2.75, 3.05) is 38.1 Å². The molecule has 2 aromatic carbocycles. The van der Waals surface area contributed by atoms with E-state index in [1.54, 1.807) is 25.1 Å². The molecule has 2 saturated heterocycles. The van der Waals surface area contributed by atoms with Gasteiger partial charge in [0, 0.05) is 18.8 Å². The van der Waals surface area contributed by atoms with E-state index >= 15 is 0 Å². The smallest absolute Gasteiger partial charge is 0.281 e. The monoisotopic (exact) mass is 520 g/mol. The topological polar surface area (TPSA) is 104 Å². The second kappa shape index (κ2) is 8.66. The third-order valence-electron chi connectivity index (χ3n) is 8.26. The van der Waals surface area contributed by atoms with Gasteiger partial charge >= 0.3 is 0 Å². The molecule has 0 amide bonds. The number of hydrogen-bond donors (Lipinski definition) is 1. The molecule has 9 nitrogen and oxygen atoms in total. The zero-order valence-corrected chi connectivity index (χ0v) is 22.3. The number of sulfone groups is 1. The van der Waals surface area contributed by atoms with Crippen LogP contribution in [0.5, 0.6) is 0 Å². The van der Waals surface area contributed by atoms with Crippen LogP contribution in [0.4, 0.5) is 5.69 Å². The van der Waals surface area contributed by atoms with Gasteiger partial charge in [-0.05, 0) is 94.9 Å². The fourth-order valence-corrected chi connectivity index (χ4v) is 7.58. The standard InChI is InChI=1S/C27H32N6O3S/c1-18-5-8-23(19(2)15-18)37(35,36)26-24-28-25(34)21-7-6-20(16-22(21)33(24)30-29-26)32-12-4-9-27(17-32)10-13-31(3)14-11-27/h5-8,15-16,30H,4,9-14,17H2,1-3H3. The van der Waals surface area contributed by atoms with E-state index in [1.165, 1.54) is 23.8 Å². The van der Waals surface area contributed by atoms with Crippen LogP contribution in [0.1, 0.15) is 36.8 Å². The summed E-state index contributed by atoms with van der Waals surface area (Å²) in [4.78, 5) is 22.1. The fourth-order valence-electron chi connectivity index (χ4n) is 6.11. The first kappa shape index (κ1) is 24.1. The Morgan fingerprint density at radius 3 is 2.54 bits per heavy atom. The van der Waals surface area contributed by atoms with Crippen molar-refractivity contribution in [2.45, 2.75) is 49.5 Å². The van der Waals surface area contributed by atoms with Crippen molar-refractivity contribution < 1.29 is 8.42 Å². The number of piperidine rings is 2. The summed E-state index contributed by atoms with van der Waals surface area (Å²) in [6, 6.07) is 10.9. The number of aromatic amines is 1. The molecular formula is C27H32N6O3S. The average Bonchev–Trinajstić information content (AvgIpc) is 3.31. The minimum absolute atomic E-state index is 0.0139. The highest BCUT2D eigenvalue weighted by molar-refractivity contribution is 7.91. The van der Waals surface area contributed by atoms with Crippen LogP contribution in [-0.2, 0) is 9.84 Å². The second-order valence-electron chi connectivity index (χ2n) is 10.9. The second-order valence-corrected chi connectivity index (χ2v) is 12.7. The maximum atomic E-state index is 13.5. The van der Waals surface area contributed by atoms with Gasteiger partial charge in [-0.15, -0.1) is 5.10 Å². The Kier molecular flexibility index (Phi) is 5.65. The third kappa shape index (κ3) is 4.02. The molecule has 0 atom stereocenters. The van der Waals surface area contributed by atoms with Crippen molar-refractivity contribution in [2.24, 2.45) is 5.41 Å². The molecule has 1 spiro atoms. The van der Waals surface area contributed by atoms with Crippen LogP contribution in [0.3, 0.4) is 0 Å². The molecule has 0 aliphatic carbocycles. The number of anilines is 1. The number of nitrogens with one attached hydrogen (secondary N) is 1. The predicted molar refractivity (Wildman–Crippen MR) is 143 cm³/mol. The van der Waals surface area contributed by atoms with E-state index in [0.717, 1.165) is 43.9 Å². The maximum Gasteiger partial charge on any atom is 0.281 e. The Hall–Kier alpha value is -3.24. The summed E-state index contributed by atoms with van der Waals surface area (Å²) in [6.07, 6.45) is 4.78. The van der Waals surface area contributed by atoms with Crippen molar-refractivity contribution in [1.29, 1.82) is 0 Å². The number of aromatic nitrogens is 4. The van der Waals surface area contributed by atoms with E-state index in [9.17, 15) is 13.2 Å². The van der Waals surface area contributed by atoms with Crippen molar-refractivity contribution in [3.8, 4) is 0 Å². The number of likely N-dealkylation sites (tertiary alicyclic amines) is 1. The van der Waals surface area contributed by atoms with Gasteiger partial charge < -0.3 is 9.80 Å². The summed E-state index contributed by atoms with van der Waals surface area (Å²) in [5.74, 6) is 0. The highest BCUT2D eigenvalue weighted by atomic mass is 32.2. The summed E-state index contributed by atoms with van der Waals surface area (Å²) >= 11 is 0. The highest BCUT2D eigenvalue weighted by Crippen LogP contribution is 2.41. The van der Waals surface area contributed by atoms with E-state index in [2.05, 4.69) is 32.1 Å². The molecule has 37 heavy (non-hydrogen) atoms. The largest absolute Gasteiger partial charge is 0.371 e. The molecule has 194 valence electrons. The fraction of sp³-hybridized carbons (Fsp3) is 0.444. The molecule has 0 saturated carbocycles. The van der Waals surface area contributed by atoms with Crippen LogP contribution >= 0.6 is 0 Å². The van der Waals surface area contributed by atoms with Gasteiger partial charge in [-0.3, -0.25) is 4.79 Å². The first-order valence-electron chi connectivity index (χ1n) is 12.8. The minimum atomic E-state index is -3.99. The number of rotatable bonds is 3. The van der Waals surface area contributed by atoms with Crippen LogP contribution in [0.15, 0.2) is 51.1 Å². The molecule has 0 radical (unpaired) electrons. The van der Waals surface area contributed by atoms with Crippen molar-refractivity contribution in [1.82, 2.24) is 24.7 Å². The molecule has 1 N–H and O–H groups in total. The van der Waals surface area contributed by atoms with E-state index in [0.29, 0.717) is 21.9 Å². The van der Waals surface area contributed by atoms with E-state index in [1.807, 2.05) is 25.1 Å². The zero-order valence-electron chi connectivity index (χ0n) is 21.5. The lowest BCUT2D eigenvalue weighted by molar-refractivity contribution is 0.103. The van der Waals surface area contributed by atoms with Crippen LogP contribution in [0.2, 0.25) is 0 Å². The van der Waals surface area contributed by atoms with Crippen LogP contribution in [0.25, 0.3) is 16.6 Å². The van der Waals surface area contributed by atoms with Crippen molar-refractivity contribution in [3.63, 3.8) is 0 Å². The molecule has 2 aliphatic rings. The van der Waals surface area contributed by atoms with Crippen LogP contribution in [0, 0.1) is 19.3 Å². The van der Waals surface area contributed by atoms with Crippen LogP contribution < -0.4 is 10.5 Å². The predicted octanol–water partition coefficient (Wildman–Crippen LogP) is 3.33. The Morgan fingerprint density at radius 2 is 1.78 bits per heavy atom. The lowest BCUT2D eigenvalue weighted by atomic mass is 9.72. The molecule has 2 aromatic heterocycles. The van der Waals surface area contributed by atoms with Gasteiger partial charge in [0.25, 0.3) is 5.56 Å². The summed E-state index contributed by atoms with van der Waals surface area (Å²) in [6.45, 7) is 7.87. The molecule has 0 bridgehead atoms. The van der Waals surface area contributed by atoms with Crippen LogP contribution in [-0.4, -0.2) is 66.4 Å². The van der Waals surface area contributed by atoms with E-state index in [4.69, 9.17) is 0 Å². The maximum absolute atomic E-state index is 13.5. The van der Waals surface area contributed by atoms with E-state index < -0.39 is 15.4 Å². The Balaban J connectivity index is 1.43. The molecular weight excluding hydrogens is 488 g/mol. The molecule has 0 unspecified atom stereocenters. The van der Waals surface area contributed by atoms with Gasteiger partial charge in [-0.1, -0.05) is 17.7 Å². The summed E-state index contributed by atoms with van der Waals surface area (Å²) < 4.78 is 28.6. The summed E-state index contributed by atoms with van der Waals surface area (Å²) in [5.41, 5.74) is 3.06. The van der Waals surface area contributed by atoms with Gasteiger partial charge in [0.1, 0.15) is 0 Å². The van der Waals surface area contributed by atoms with Gasteiger partial charge in [0.2, 0.25) is 14.9 Å². The molecule has 6 rings (SSSR count). The normalized spacial score (nSPS) is 18.7. The average molecular weight is 521 g/mol. The first-order valence-corrected chi connectivity index (χ1v) is 14.3. The molecule has 4 heterocycles. The molecule has 10 heteroatoms. The number of nitrogens with zero attached hydrogens (tertiary/aromatic N) is 5. The zero-order chi connectivity index (χ0) is 25.9. The summed E-state index contributed by atoms with van der Waals surface area (Å²) in [5, 5.41) is 7.14. The lowest BCUT2D eigenvalue weighted by Crippen LogP contribution is -2.49. The number of aryl methyl sites for hydroxylation is 2. The van der Waals surface area contributed by atoms with Gasteiger partial charge in [0.15, 0.2) is 5.65 Å². The molecule has 4 aromatic rings. The molecule has 2 fully saturated rings. The minimum Gasteiger partial charge on any atom is -0.371 e. The van der Waals surface area contributed by atoms with Gasteiger partial charge in [-0.2, -0.15) is 4.98 Å². The lowest BCUT2D eigenvalue weighted by Gasteiger charge is -2.48. The molecule has 2 aliphatic heterocycles. The highest BCUT2D eigenvalue weighted by Gasteiger charge is 2.38. The number of H-pyrrole nitrogens is 1. The first-order chi connectivity index (χ1) is 17.7. The quantitative estimate of drug-likeness (QED) is 0.442. The number of benzene rings is 2. The number of fused-ring (bicyclic) bond motifs is 3.